The molecule has 3 heteroatoms. The molecule has 1 aliphatic rings. The highest BCUT2D eigenvalue weighted by Gasteiger charge is 2.58. The lowest BCUT2D eigenvalue weighted by atomic mass is 10.0. The van der Waals surface area contributed by atoms with E-state index in [1.807, 2.05) is 0 Å². The third kappa shape index (κ3) is 1.82. The molecular weight excluding hydrogens is 217 g/mol. The van der Waals surface area contributed by atoms with E-state index in [0.717, 1.165) is 11.3 Å². The summed E-state index contributed by atoms with van der Waals surface area (Å²) in [4.78, 5) is 0. The Morgan fingerprint density at radius 2 is 2.06 bits per heavy atom. The van der Waals surface area contributed by atoms with Crippen molar-refractivity contribution >= 4 is 0 Å². The number of ether oxygens (including phenoxy) is 1. The average Bonchev–Trinajstić information content (AvgIpc) is 2.83. The standard InChI is InChI=1S/C14H20FNO/c1-8-5-12(17-4)9(6-11(8)15)13-10(7-16)14(13,2)3/h5-6,10,13H,7,16H2,1-4H3. The Labute approximate surface area is 102 Å². The Hall–Kier alpha value is -1.09. The fourth-order valence-corrected chi connectivity index (χ4v) is 2.89. The minimum absolute atomic E-state index is 0.143. The van der Waals surface area contributed by atoms with Crippen LogP contribution >= 0.6 is 0 Å². The van der Waals surface area contributed by atoms with E-state index in [2.05, 4.69) is 13.8 Å². The van der Waals surface area contributed by atoms with Crippen LogP contribution in [-0.2, 0) is 0 Å². The number of aryl methyl sites for hydroxylation is 1. The molecule has 2 rings (SSSR count). The van der Waals surface area contributed by atoms with Crippen LogP contribution in [0, 0.1) is 24.1 Å². The van der Waals surface area contributed by atoms with Crippen molar-refractivity contribution in [2.75, 3.05) is 13.7 Å². The van der Waals surface area contributed by atoms with Crippen LogP contribution in [0.25, 0.3) is 0 Å². The third-order valence-electron chi connectivity index (χ3n) is 4.15. The van der Waals surface area contributed by atoms with Gasteiger partial charge in [0.15, 0.2) is 0 Å². The van der Waals surface area contributed by atoms with E-state index in [9.17, 15) is 4.39 Å². The van der Waals surface area contributed by atoms with Crippen molar-refractivity contribution in [2.45, 2.75) is 26.7 Å². The molecule has 0 aliphatic heterocycles. The molecule has 17 heavy (non-hydrogen) atoms. The van der Waals surface area contributed by atoms with Crippen molar-refractivity contribution in [3.63, 3.8) is 0 Å². The minimum Gasteiger partial charge on any atom is -0.496 e. The number of halogens is 1. The average molecular weight is 237 g/mol. The van der Waals surface area contributed by atoms with Crippen LogP contribution in [0.15, 0.2) is 12.1 Å². The molecule has 2 nitrogen and oxygen atoms in total. The summed E-state index contributed by atoms with van der Waals surface area (Å²) in [5.41, 5.74) is 7.48. The smallest absolute Gasteiger partial charge is 0.126 e. The van der Waals surface area contributed by atoms with E-state index >= 15 is 0 Å². The van der Waals surface area contributed by atoms with Gasteiger partial charge in [0.05, 0.1) is 7.11 Å². The quantitative estimate of drug-likeness (QED) is 0.877. The van der Waals surface area contributed by atoms with Crippen LogP contribution in [0.1, 0.15) is 30.9 Å². The molecule has 1 aliphatic carbocycles. The zero-order chi connectivity index (χ0) is 12.8. The molecule has 1 saturated carbocycles. The summed E-state index contributed by atoms with van der Waals surface area (Å²) in [6, 6.07) is 3.38. The summed E-state index contributed by atoms with van der Waals surface area (Å²) in [6.45, 7) is 6.73. The molecule has 0 aromatic heterocycles. The maximum Gasteiger partial charge on any atom is 0.126 e. The van der Waals surface area contributed by atoms with E-state index in [1.165, 1.54) is 0 Å². The predicted molar refractivity (Wildman–Crippen MR) is 66.8 cm³/mol. The second-order valence-corrected chi connectivity index (χ2v) is 5.48. The number of benzene rings is 1. The molecule has 2 atom stereocenters. The highest BCUT2D eigenvalue weighted by Crippen LogP contribution is 2.65. The van der Waals surface area contributed by atoms with E-state index < -0.39 is 0 Å². The van der Waals surface area contributed by atoms with Crippen LogP contribution in [0.5, 0.6) is 5.75 Å². The molecule has 0 spiro atoms. The van der Waals surface area contributed by atoms with Crippen LogP contribution < -0.4 is 10.5 Å². The summed E-state index contributed by atoms with van der Waals surface area (Å²) >= 11 is 0. The second-order valence-electron chi connectivity index (χ2n) is 5.48. The van der Waals surface area contributed by atoms with Gasteiger partial charge in [-0.05, 0) is 48.4 Å². The number of methoxy groups -OCH3 is 1. The molecule has 0 amide bonds. The van der Waals surface area contributed by atoms with Crippen LogP contribution in [-0.4, -0.2) is 13.7 Å². The zero-order valence-corrected chi connectivity index (χ0v) is 10.9. The number of hydrogen-bond donors (Lipinski definition) is 1. The topological polar surface area (TPSA) is 35.2 Å². The van der Waals surface area contributed by atoms with Gasteiger partial charge in [0, 0.05) is 5.56 Å². The van der Waals surface area contributed by atoms with Gasteiger partial charge in [-0.1, -0.05) is 13.8 Å². The van der Waals surface area contributed by atoms with Crippen LogP contribution in [0.3, 0.4) is 0 Å². The van der Waals surface area contributed by atoms with E-state index in [4.69, 9.17) is 10.5 Å². The monoisotopic (exact) mass is 237 g/mol. The number of nitrogens with two attached hydrogens (primary N) is 1. The lowest BCUT2D eigenvalue weighted by Crippen LogP contribution is -2.05. The SMILES string of the molecule is COc1cc(C)c(F)cc1C1C(CN)C1(C)C. The van der Waals surface area contributed by atoms with Crippen molar-refractivity contribution in [3.8, 4) is 5.75 Å². The molecule has 2 unspecified atom stereocenters. The molecule has 94 valence electrons. The minimum atomic E-state index is -0.167. The zero-order valence-electron chi connectivity index (χ0n) is 10.9. The fraction of sp³-hybridized carbons (Fsp3) is 0.571. The van der Waals surface area contributed by atoms with Crippen molar-refractivity contribution in [3.05, 3.63) is 29.1 Å². The van der Waals surface area contributed by atoms with Crippen molar-refractivity contribution < 1.29 is 9.13 Å². The molecule has 0 radical (unpaired) electrons. The summed E-state index contributed by atoms with van der Waals surface area (Å²) in [5, 5.41) is 0. The summed E-state index contributed by atoms with van der Waals surface area (Å²) in [6.07, 6.45) is 0. The Morgan fingerprint density at radius 3 is 2.53 bits per heavy atom. The van der Waals surface area contributed by atoms with Crippen LogP contribution in [0.2, 0.25) is 0 Å². The van der Waals surface area contributed by atoms with Gasteiger partial charge in [0.25, 0.3) is 0 Å². The van der Waals surface area contributed by atoms with Gasteiger partial charge < -0.3 is 10.5 Å². The van der Waals surface area contributed by atoms with Gasteiger partial charge in [-0.2, -0.15) is 0 Å². The molecule has 0 heterocycles. The molecule has 2 N–H and O–H groups in total. The fourth-order valence-electron chi connectivity index (χ4n) is 2.89. The Kier molecular flexibility index (Phi) is 2.90. The van der Waals surface area contributed by atoms with Gasteiger partial charge in [0.2, 0.25) is 0 Å². The normalized spacial score (nSPS) is 25.8. The number of hydrogen-bond acceptors (Lipinski definition) is 2. The van der Waals surface area contributed by atoms with E-state index in [0.29, 0.717) is 23.9 Å². The molecular formula is C14H20FNO. The second kappa shape index (κ2) is 3.98. The van der Waals surface area contributed by atoms with Gasteiger partial charge in [0.1, 0.15) is 11.6 Å². The lowest BCUT2D eigenvalue weighted by Gasteiger charge is -2.11. The van der Waals surface area contributed by atoms with Gasteiger partial charge in [-0.15, -0.1) is 0 Å². The summed E-state index contributed by atoms with van der Waals surface area (Å²) in [5.74, 6) is 1.33. The lowest BCUT2D eigenvalue weighted by molar-refractivity contribution is 0.405. The predicted octanol–water partition coefficient (Wildman–Crippen LogP) is 2.84. The Bertz CT molecular complexity index is 442. The first-order valence-electron chi connectivity index (χ1n) is 5.97. The highest BCUT2D eigenvalue weighted by molar-refractivity contribution is 5.45. The van der Waals surface area contributed by atoms with Crippen LogP contribution in [0.4, 0.5) is 4.39 Å². The van der Waals surface area contributed by atoms with Gasteiger partial charge >= 0.3 is 0 Å². The van der Waals surface area contributed by atoms with E-state index in [1.54, 1.807) is 26.2 Å². The van der Waals surface area contributed by atoms with Gasteiger partial charge in [-0.3, -0.25) is 0 Å². The first-order chi connectivity index (χ1) is 7.93. The molecule has 1 fully saturated rings. The number of rotatable bonds is 3. The summed E-state index contributed by atoms with van der Waals surface area (Å²) in [7, 11) is 1.63. The van der Waals surface area contributed by atoms with Gasteiger partial charge in [-0.25, -0.2) is 4.39 Å². The Morgan fingerprint density at radius 1 is 1.41 bits per heavy atom. The molecule has 0 bridgehead atoms. The van der Waals surface area contributed by atoms with Crippen molar-refractivity contribution in [1.82, 2.24) is 0 Å². The first kappa shape index (κ1) is 12.4. The third-order valence-corrected chi connectivity index (χ3v) is 4.15. The Balaban J connectivity index is 2.43. The molecule has 1 aromatic rings. The summed E-state index contributed by atoms with van der Waals surface area (Å²) < 4.78 is 19.0. The van der Waals surface area contributed by atoms with Crippen molar-refractivity contribution in [1.29, 1.82) is 0 Å². The maximum absolute atomic E-state index is 13.7. The first-order valence-corrected chi connectivity index (χ1v) is 5.97. The highest BCUT2D eigenvalue weighted by atomic mass is 19.1. The maximum atomic E-state index is 13.7. The van der Waals surface area contributed by atoms with E-state index in [-0.39, 0.29) is 11.2 Å². The molecule has 1 aromatic carbocycles. The largest absolute Gasteiger partial charge is 0.496 e. The molecule has 0 saturated heterocycles. The van der Waals surface area contributed by atoms with Crippen molar-refractivity contribution in [2.24, 2.45) is 17.1 Å².